The van der Waals surface area contributed by atoms with Gasteiger partial charge in [-0.3, -0.25) is 4.79 Å². The largest absolute Gasteiger partial charge is 0.469 e. The van der Waals surface area contributed by atoms with Gasteiger partial charge in [-0.25, -0.2) is 0 Å². The van der Waals surface area contributed by atoms with Crippen LogP contribution in [0.1, 0.15) is 34.2 Å². The molecular formula is C17H21NO3. The molecule has 1 aromatic carbocycles. The molecule has 0 saturated heterocycles. The number of hydrogen-bond acceptors (Lipinski definition) is 3. The molecule has 1 atom stereocenters. The topological polar surface area (TPSA) is 62.5 Å². The lowest BCUT2D eigenvalue weighted by Gasteiger charge is -2.22. The highest BCUT2D eigenvalue weighted by molar-refractivity contribution is 5.95. The second-order valence-electron chi connectivity index (χ2n) is 5.75. The fourth-order valence-corrected chi connectivity index (χ4v) is 2.20. The third kappa shape index (κ3) is 4.20. The van der Waals surface area contributed by atoms with E-state index in [2.05, 4.69) is 5.32 Å². The van der Waals surface area contributed by atoms with E-state index >= 15 is 0 Å². The number of aliphatic hydroxyl groups is 1. The lowest BCUT2D eigenvalue weighted by Crippen LogP contribution is -2.42. The number of furan rings is 1. The third-order valence-corrected chi connectivity index (χ3v) is 3.40. The van der Waals surface area contributed by atoms with Gasteiger partial charge in [-0.2, -0.15) is 0 Å². The Labute approximate surface area is 124 Å². The Morgan fingerprint density at radius 1 is 1.33 bits per heavy atom. The van der Waals surface area contributed by atoms with Crippen LogP contribution in [0.25, 0.3) is 0 Å². The Hall–Kier alpha value is -2.07. The lowest BCUT2D eigenvalue weighted by molar-refractivity contribution is 0.0510. The van der Waals surface area contributed by atoms with Gasteiger partial charge in [-0.15, -0.1) is 0 Å². The van der Waals surface area contributed by atoms with Crippen LogP contribution in [-0.2, 0) is 6.42 Å². The second-order valence-corrected chi connectivity index (χ2v) is 5.75. The van der Waals surface area contributed by atoms with Crippen molar-refractivity contribution >= 4 is 5.91 Å². The third-order valence-electron chi connectivity index (χ3n) is 3.40. The minimum Gasteiger partial charge on any atom is -0.469 e. The van der Waals surface area contributed by atoms with Crippen molar-refractivity contribution in [1.29, 1.82) is 0 Å². The number of carbonyl (C=O) groups is 1. The summed E-state index contributed by atoms with van der Waals surface area (Å²) in [6.45, 7) is 5.69. The Morgan fingerprint density at radius 2 is 2.10 bits per heavy atom. The van der Waals surface area contributed by atoms with Crippen molar-refractivity contribution in [3.05, 3.63) is 59.0 Å². The van der Waals surface area contributed by atoms with E-state index in [-0.39, 0.29) is 12.5 Å². The van der Waals surface area contributed by atoms with Crippen molar-refractivity contribution in [3.8, 4) is 0 Å². The highest BCUT2D eigenvalue weighted by atomic mass is 16.3. The van der Waals surface area contributed by atoms with Crippen molar-refractivity contribution < 1.29 is 14.3 Å². The molecule has 112 valence electrons. The van der Waals surface area contributed by atoms with Gasteiger partial charge in [0.2, 0.25) is 0 Å². The van der Waals surface area contributed by atoms with Crippen LogP contribution in [-0.4, -0.2) is 23.2 Å². The zero-order chi connectivity index (χ0) is 15.5. The molecule has 0 aliphatic carbocycles. The number of nitrogens with one attached hydrogen (secondary N) is 1. The van der Waals surface area contributed by atoms with Gasteiger partial charge in [0.25, 0.3) is 5.91 Å². The van der Waals surface area contributed by atoms with Gasteiger partial charge in [0.15, 0.2) is 0 Å². The summed E-state index contributed by atoms with van der Waals surface area (Å²) in [6.07, 6.45) is 1.92. The molecule has 4 nitrogen and oxygen atoms in total. The number of rotatable bonds is 5. The first-order chi connectivity index (χ1) is 9.87. The van der Waals surface area contributed by atoms with Gasteiger partial charge in [0.1, 0.15) is 5.76 Å². The summed E-state index contributed by atoms with van der Waals surface area (Å²) >= 11 is 0. The predicted octanol–water partition coefficient (Wildman–Crippen LogP) is 2.62. The first-order valence-electron chi connectivity index (χ1n) is 6.98. The van der Waals surface area contributed by atoms with E-state index in [0.717, 1.165) is 11.1 Å². The van der Waals surface area contributed by atoms with Crippen molar-refractivity contribution in [1.82, 2.24) is 5.32 Å². The molecule has 0 fully saturated rings. The molecule has 0 radical (unpaired) electrons. The fourth-order valence-electron chi connectivity index (χ4n) is 2.20. The number of benzene rings is 1. The molecule has 1 amide bonds. The van der Waals surface area contributed by atoms with E-state index in [4.69, 9.17) is 4.42 Å². The molecule has 2 N–H and O–H groups in total. The van der Waals surface area contributed by atoms with Crippen molar-refractivity contribution in [2.45, 2.75) is 32.8 Å². The molecule has 0 unspecified atom stereocenters. The number of hydrogen-bond donors (Lipinski definition) is 2. The molecule has 21 heavy (non-hydrogen) atoms. The summed E-state index contributed by atoms with van der Waals surface area (Å²) in [5.41, 5.74) is 1.55. The predicted molar refractivity (Wildman–Crippen MR) is 81.3 cm³/mol. The molecule has 1 aromatic heterocycles. The fraction of sp³-hybridized carbons (Fsp3) is 0.353. The normalized spacial score (nSPS) is 13.7. The quantitative estimate of drug-likeness (QED) is 0.888. The van der Waals surface area contributed by atoms with Crippen LogP contribution in [0.2, 0.25) is 0 Å². The summed E-state index contributed by atoms with van der Waals surface area (Å²) in [7, 11) is 0. The van der Waals surface area contributed by atoms with Crippen LogP contribution in [0, 0.1) is 13.8 Å². The smallest absolute Gasteiger partial charge is 0.251 e. The first-order valence-corrected chi connectivity index (χ1v) is 6.98. The van der Waals surface area contributed by atoms with E-state index in [1.807, 2.05) is 32.0 Å². The number of carbonyl (C=O) groups excluding carboxylic acids is 1. The van der Waals surface area contributed by atoms with Crippen LogP contribution in [0.5, 0.6) is 0 Å². The Balaban J connectivity index is 1.98. The van der Waals surface area contributed by atoms with Gasteiger partial charge in [0.05, 0.1) is 11.9 Å². The van der Waals surface area contributed by atoms with Gasteiger partial charge in [-0.05, 0) is 44.5 Å². The summed E-state index contributed by atoms with van der Waals surface area (Å²) in [5.74, 6) is 0.525. The van der Waals surface area contributed by atoms with E-state index in [9.17, 15) is 9.90 Å². The minimum atomic E-state index is -1.05. The first kappa shape index (κ1) is 15.3. The Morgan fingerprint density at radius 3 is 2.76 bits per heavy atom. The molecule has 0 spiro atoms. The molecule has 0 aliphatic rings. The van der Waals surface area contributed by atoms with Crippen molar-refractivity contribution in [2.24, 2.45) is 0 Å². The van der Waals surface area contributed by atoms with Gasteiger partial charge < -0.3 is 14.8 Å². The monoisotopic (exact) mass is 287 g/mol. The maximum atomic E-state index is 12.2. The van der Waals surface area contributed by atoms with Crippen LogP contribution in [0.15, 0.2) is 41.0 Å². The lowest BCUT2D eigenvalue weighted by atomic mass is 10.00. The van der Waals surface area contributed by atoms with Crippen LogP contribution in [0.3, 0.4) is 0 Å². The average Bonchev–Trinajstić information content (AvgIpc) is 2.91. The highest BCUT2D eigenvalue weighted by Crippen LogP contribution is 2.14. The zero-order valence-electron chi connectivity index (χ0n) is 12.6. The maximum Gasteiger partial charge on any atom is 0.251 e. The highest BCUT2D eigenvalue weighted by Gasteiger charge is 2.23. The van der Waals surface area contributed by atoms with Gasteiger partial charge in [0, 0.05) is 18.5 Å². The second kappa shape index (κ2) is 6.14. The van der Waals surface area contributed by atoms with E-state index in [1.165, 1.54) is 0 Å². The minimum absolute atomic E-state index is 0.167. The Kier molecular flexibility index (Phi) is 4.48. The van der Waals surface area contributed by atoms with Gasteiger partial charge in [-0.1, -0.05) is 17.7 Å². The summed E-state index contributed by atoms with van der Waals surface area (Å²) in [6, 6.07) is 9.33. The van der Waals surface area contributed by atoms with Crippen molar-refractivity contribution in [3.63, 3.8) is 0 Å². The van der Waals surface area contributed by atoms with E-state index in [0.29, 0.717) is 17.7 Å². The van der Waals surface area contributed by atoms with E-state index in [1.54, 1.807) is 25.3 Å². The van der Waals surface area contributed by atoms with Crippen LogP contribution in [0.4, 0.5) is 0 Å². The van der Waals surface area contributed by atoms with Crippen LogP contribution < -0.4 is 5.32 Å². The molecule has 2 aromatic rings. The zero-order valence-corrected chi connectivity index (χ0v) is 12.6. The molecule has 2 rings (SSSR count). The summed E-state index contributed by atoms with van der Waals surface area (Å²) in [4.78, 5) is 12.2. The Bertz CT molecular complexity index is 615. The average molecular weight is 287 g/mol. The molecule has 0 bridgehead atoms. The van der Waals surface area contributed by atoms with Crippen LogP contribution >= 0.6 is 0 Å². The SMILES string of the molecule is Cc1ccc(C)c(C(=O)NC[C@](C)(O)Cc2ccco2)c1. The standard InChI is InChI=1S/C17H21NO3/c1-12-6-7-13(2)15(9-12)16(19)18-11-17(3,20)10-14-5-4-8-21-14/h4-9,20H,10-11H2,1-3H3,(H,18,19)/t17-/m1/s1. The summed E-state index contributed by atoms with van der Waals surface area (Å²) in [5, 5.41) is 13.1. The number of aryl methyl sites for hydroxylation is 2. The maximum absolute atomic E-state index is 12.2. The summed E-state index contributed by atoms with van der Waals surface area (Å²) < 4.78 is 5.22. The molecule has 1 heterocycles. The van der Waals surface area contributed by atoms with E-state index < -0.39 is 5.60 Å². The van der Waals surface area contributed by atoms with Crippen molar-refractivity contribution in [2.75, 3.05) is 6.54 Å². The number of amides is 1. The molecule has 0 saturated carbocycles. The molecular weight excluding hydrogens is 266 g/mol. The van der Waals surface area contributed by atoms with Gasteiger partial charge >= 0.3 is 0 Å². The molecule has 0 aliphatic heterocycles. The molecule has 4 heteroatoms.